The number of nitrogens with zero attached hydrogens (tertiary/aromatic N) is 4. The minimum Gasteiger partial charge on any atom is -0.453 e. The summed E-state index contributed by atoms with van der Waals surface area (Å²) in [6.45, 7) is 4.22. The van der Waals surface area contributed by atoms with Crippen molar-refractivity contribution < 1.29 is 13.9 Å². The van der Waals surface area contributed by atoms with Gasteiger partial charge in [0, 0.05) is 50.7 Å². The molecule has 0 aliphatic carbocycles. The molecule has 7 nitrogen and oxygen atoms in total. The maximum atomic E-state index is 14.2. The van der Waals surface area contributed by atoms with Crippen LogP contribution in [0.4, 0.5) is 10.1 Å². The van der Waals surface area contributed by atoms with Crippen LogP contribution in [0.15, 0.2) is 42.7 Å². The molecule has 1 saturated heterocycles. The Morgan fingerprint density at radius 3 is 2.81 bits per heavy atom. The summed E-state index contributed by atoms with van der Waals surface area (Å²) in [4.78, 5) is 12.5. The van der Waals surface area contributed by atoms with Crippen LogP contribution >= 0.6 is 11.3 Å². The lowest BCUT2D eigenvalue weighted by molar-refractivity contribution is 0.0333. The lowest BCUT2D eigenvalue weighted by Crippen LogP contribution is -2.36. The number of hydrogen-bond acceptors (Lipinski definition) is 7. The number of nitrogens with two attached hydrogens (primary N) is 1. The van der Waals surface area contributed by atoms with Crippen LogP contribution in [-0.2, 0) is 18.3 Å². The molecule has 4 aromatic rings. The molecule has 0 atom stereocenters. The van der Waals surface area contributed by atoms with Crippen LogP contribution < -0.4 is 10.5 Å². The average molecular weight is 440 g/mol. The van der Waals surface area contributed by atoms with E-state index >= 15 is 0 Å². The van der Waals surface area contributed by atoms with E-state index < -0.39 is 5.82 Å². The van der Waals surface area contributed by atoms with Crippen LogP contribution in [0.3, 0.4) is 0 Å². The summed E-state index contributed by atoms with van der Waals surface area (Å²) in [5.41, 5.74) is 7.91. The van der Waals surface area contributed by atoms with E-state index in [2.05, 4.69) is 19.4 Å². The predicted octanol–water partition coefficient (Wildman–Crippen LogP) is 4.04. The number of anilines is 1. The highest BCUT2D eigenvalue weighted by atomic mass is 32.1. The number of benzene rings is 1. The SMILES string of the molecule is Cn1c(CN2CCOCC2)cnc1-c1cc2nccc(Oc3ccc(N)cc3F)c2s1. The summed E-state index contributed by atoms with van der Waals surface area (Å²) in [5.74, 6) is 1.04. The van der Waals surface area contributed by atoms with Crippen LogP contribution in [0, 0.1) is 5.82 Å². The van der Waals surface area contributed by atoms with Gasteiger partial charge in [-0.1, -0.05) is 0 Å². The minimum atomic E-state index is -0.501. The molecule has 1 aliphatic heterocycles. The van der Waals surface area contributed by atoms with Gasteiger partial charge in [0.1, 0.15) is 11.6 Å². The molecule has 0 saturated carbocycles. The molecule has 0 spiro atoms. The summed E-state index contributed by atoms with van der Waals surface area (Å²) in [5, 5.41) is 0. The largest absolute Gasteiger partial charge is 0.453 e. The number of nitrogen functional groups attached to an aromatic ring is 1. The number of fused-ring (bicyclic) bond motifs is 1. The Balaban J connectivity index is 1.44. The monoisotopic (exact) mass is 439 g/mol. The first-order chi connectivity index (χ1) is 15.1. The maximum Gasteiger partial charge on any atom is 0.167 e. The maximum absolute atomic E-state index is 14.2. The van der Waals surface area contributed by atoms with Crippen molar-refractivity contribution in [1.82, 2.24) is 19.4 Å². The van der Waals surface area contributed by atoms with Crippen LogP contribution in [0.1, 0.15) is 5.69 Å². The van der Waals surface area contributed by atoms with Gasteiger partial charge >= 0.3 is 0 Å². The van der Waals surface area contributed by atoms with Crippen molar-refractivity contribution in [1.29, 1.82) is 0 Å². The zero-order valence-electron chi connectivity index (χ0n) is 17.0. The normalized spacial score (nSPS) is 14.9. The van der Waals surface area contributed by atoms with Gasteiger partial charge in [0.2, 0.25) is 0 Å². The lowest BCUT2D eigenvalue weighted by Gasteiger charge is -2.26. The molecule has 160 valence electrons. The first kappa shape index (κ1) is 19.9. The highest BCUT2D eigenvalue weighted by Gasteiger charge is 2.18. The molecular weight excluding hydrogens is 417 g/mol. The van der Waals surface area contributed by atoms with Crippen molar-refractivity contribution in [2.75, 3.05) is 32.0 Å². The average Bonchev–Trinajstić information content (AvgIpc) is 3.35. The van der Waals surface area contributed by atoms with Crippen molar-refractivity contribution >= 4 is 27.2 Å². The number of pyridine rings is 1. The number of hydrogen-bond donors (Lipinski definition) is 1. The second-order valence-corrected chi connectivity index (χ2v) is 8.50. The van der Waals surface area contributed by atoms with E-state index in [1.165, 1.54) is 23.5 Å². The molecule has 0 bridgehead atoms. The highest BCUT2D eigenvalue weighted by molar-refractivity contribution is 7.22. The number of ether oxygens (including phenoxy) is 2. The molecule has 3 aromatic heterocycles. The lowest BCUT2D eigenvalue weighted by atomic mass is 10.3. The standard InChI is InChI=1S/C22H22FN5O2S/c1-27-15(13-28-6-8-29-9-7-28)12-26-22(27)20-11-17-21(31-20)19(4-5-25-17)30-18-3-2-14(24)10-16(18)23/h2-5,10-12H,6-9,13,24H2,1H3. The molecule has 2 N–H and O–H groups in total. The Morgan fingerprint density at radius 1 is 1.16 bits per heavy atom. The van der Waals surface area contributed by atoms with E-state index in [0.717, 1.165) is 59.5 Å². The van der Waals surface area contributed by atoms with E-state index in [9.17, 15) is 4.39 Å². The van der Waals surface area contributed by atoms with Gasteiger partial charge in [0.25, 0.3) is 0 Å². The Bertz CT molecular complexity index is 1230. The van der Waals surface area contributed by atoms with Crippen LogP contribution in [0.5, 0.6) is 11.5 Å². The Kier molecular flexibility index (Phi) is 5.31. The molecule has 31 heavy (non-hydrogen) atoms. The molecule has 9 heteroatoms. The van der Waals surface area contributed by atoms with Gasteiger partial charge in [-0.15, -0.1) is 11.3 Å². The second-order valence-electron chi connectivity index (χ2n) is 7.45. The van der Waals surface area contributed by atoms with Gasteiger partial charge < -0.3 is 19.8 Å². The number of thiophene rings is 1. The smallest absolute Gasteiger partial charge is 0.167 e. The van der Waals surface area contributed by atoms with E-state index in [1.54, 1.807) is 18.3 Å². The highest BCUT2D eigenvalue weighted by Crippen LogP contribution is 2.39. The van der Waals surface area contributed by atoms with Gasteiger partial charge in [-0.2, -0.15) is 0 Å². The summed E-state index contributed by atoms with van der Waals surface area (Å²) in [6, 6.07) is 8.12. The van der Waals surface area contributed by atoms with Crippen molar-refractivity contribution in [2.45, 2.75) is 6.54 Å². The quantitative estimate of drug-likeness (QED) is 0.473. The Morgan fingerprint density at radius 2 is 2.00 bits per heavy atom. The molecule has 5 rings (SSSR count). The van der Waals surface area contributed by atoms with E-state index in [4.69, 9.17) is 15.2 Å². The fraction of sp³-hybridized carbons (Fsp3) is 0.273. The van der Waals surface area contributed by atoms with Crippen LogP contribution in [0.2, 0.25) is 0 Å². The van der Waals surface area contributed by atoms with Crippen LogP contribution in [-0.4, -0.2) is 45.7 Å². The fourth-order valence-electron chi connectivity index (χ4n) is 3.63. The summed E-state index contributed by atoms with van der Waals surface area (Å²) >= 11 is 1.53. The second kappa shape index (κ2) is 8.26. The van der Waals surface area contributed by atoms with E-state index in [1.807, 2.05) is 19.3 Å². The number of aromatic nitrogens is 3. The zero-order valence-corrected chi connectivity index (χ0v) is 17.9. The molecule has 1 aliphatic rings. The number of imidazole rings is 1. The Hall–Kier alpha value is -3.01. The third-order valence-corrected chi connectivity index (χ3v) is 6.48. The minimum absolute atomic E-state index is 0.126. The van der Waals surface area contributed by atoms with E-state index in [0.29, 0.717) is 11.4 Å². The van der Waals surface area contributed by atoms with Crippen molar-refractivity contribution in [3.8, 4) is 22.2 Å². The first-order valence-electron chi connectivity index (χ1n) is 10.0. The summed E-state index contributed by atoms with van der Waals surface area (Å²) in [7, 11) is 2.02. The molecule has 0 unspecified atom stereocenters. The summed E-state index contributed by atoms with van der Waals surface area (Å²) < 4.78 is 28.5. The van der Waals surface area contributed by atoms with Gasteiger partial charge in [-0.05, 0) is 18.2 Å². The number of morpholine rings is 1. The van der Waals surface area contributed by atoms with Gasteiger partial charge in [-0.25, -0.2) is 9.37 Å². The van der Waals surface area contributed by atoms with Gasteiger partial charge in [0.05, 0.1) is 40.2 Å². The van der Waals surface area contributed by atoms with Gasteiger partial charge in [0.15, 0.2) is 11.6 Å². The molecular formula is C22H22FN5O2S. The zero-order chi connectivity index (χ0) is 21.4. The van der Waals surface area contributed by atoms with Crippen molar-refractivity contribution in [2.24, 2.45) is 7.05 Å². The topological polar surface area (TPSA) is 78.4 Å². The van der Waals surface area contributed by atoms with Crippen molar-refractivity contribution in [3.63, 3.8) is 0 Å². The van der Waals surface area contributed by atoms with E-state index in [-0.39, 0.29) is 5.75 Å². The Labute approximate surface area is 182 Å². The molecule has 1 fully saturated rings. The predicted molar refractivity (Wildman–Crippen MR) is 119 cm³/mol. The number of halogens is 1. The van der Waals surface area contributed by atoms with Crippen molar-refractivity contribution in [3.05, 3.63) is 54.2 Å². The van der Waals surface area contributed by atoms with Crippen LogP contribution in [0.25, 0.3) is 20.9 Å². The third kappa shape index (κ3) is 3.99. The number of rotatable bonds is 5. The summed E-state index contributed by atoms with van der Waals surface area (Å²) in [6.07, 6.45) is 3.58. The molecule has 0 radical (unpaired) electrons. The van der Waals surface area contributed by atoms with Gasteiger partial charge in [-0.3, -0.25) is 9.88 Å². The fourth-order valence-corrected chi connectivity index (χ4v) is 4.73. The third-order valence-electron chi connectivity index (χ3n) is 5.35. The molecule has 1 aromatic carbocycles. The first-order valence-corrected chi connectivity index (χ1v) is 10.8. The molecule has 4 heterocycles. The molecule has 0 amide bonds.